The van der Waals surface area contributed by atoms with Gasteiger partial charge in [-0.3, -0.25) is 4.57 Å². The van der Waals surface area contributed by atoms with E-state index < -0.39 is 0 Å². The Hall–Kier alpha value is -6.58. The highest BCUT2D eigenvalue weighted by molar-refractivity contribution is 6.33. The topological polar surface area (TPSA) is 30.7 Å². The summed E-state index contributed by atoms with van der Waals surface area (Å²) in [5, 5.41) is 8.32. The molecule has 2 heterocycles. The molecule has 0 fully saturated rings. The SMILES string of the molecule is CC1(C)c2ccccc2-c2ccc(-c3cccc4c5c6ccccc6c6ccccc6c5n(-c5nc(-c6ccccc6)c6ccccc6n5)c34)cc21. The van der Waals surface area contributed by atoms with Crippen LogP contribution in [0.5, 0.6) is 0 Å². The van der Waals surface area contributed by atoms with Gasteiger partial charge in [-0.15, -0.1) is 0 Å². The minimum Gasteiger partial charge on any atom is -0.277 e. The second-order valence-corrected chi connectivity index (χ2v) is 14.5. The van der Waals surface area contributed by atoms with E-state index in [1.807, 2.05) is 0 Å². The van der Waals surface area contributed by atoms with Gasteiger partial charge in [-0.1, -0.05) is 166 Å². The third-order valence-electron chi connectivity index (χ3n) is 11.4. The molecule has 0 saturated carbocycles. The van der Waals surface area contributed by atoms with E-state index in [-0.39, 0.29) is 5.41 Å². The van der Waals surface area contributed by atoms with Gasteiger partial charge in [0.05, 0.1) is 22.2 Å². The van der Waals surface area contributed by atoms with Gasteiger partial charge in [-0.25, -0.2) is 9.97 Å². The Morgan fingerprint density at radius 2 is 1.04 bits per heavy atom. The van der Waals surface area contributed by atoms with Crippen LogP contribution in [0, 0.1) is 0 Å². The highest BCUT2D eigenvalue weighted by Gasteiger charge is 2.35. The Morgan fingerprint density at radius 3 is 1.87 bits per heavy atom. The molecular formula is C49H33N3. The van der Waals surface area contributed by atoms with E-state index in [0.717, 1.165) is 38.8 Å². The van der Waals surface area contributed by atoms with E-state index in [0.29, 0.717) is 5.95 Å². The molecule has 3 heteroatoms. The molecule has 0 N–H and O–H groups in total. The minimum atomic E-state index is -0.110. The first-order chi connectivity index (χ1) is 25.6. The fourth-order valence-corrected chi connectivity index (χ4v) is 9.01. The van der Waals surface area contributed by atoms with Crippen molar-refractivity contribution in [3.8, 4) is 39.5 Å². The van der Waals surface area contributed by atoms with E-state index in [9.17, 15) is 0 Å². The predicted molar refractivity (Wildman–Crippen MR) is 217 cm³/mol. The van der Waals surface area contributed by atoms with Gasteiger partial charge in [0.2, 0.25) is 5.95 Å². The summed E-state index contributed by atoms with van der Waals surface area (Å²) in [5.74, 6) is 0.666. The van der Waals surface area contributed by atoms with Gasteiger partial charge in [0.1, 0.15) is 0 Å². The largest absolute Gasteiger partial charge is 0.277 e. The maximum atomic E-state index is 5.50. The molecule has 244 valence electrons. The summed E-state index contributed by atoms with van der Waals surface area (Å²) in [6.45, 7) is 4.71. The smallest absolute Gasteiger partial charge is 0.235 e. The number of aromatic nitrogens is 3. The molecule has 0 radical (unpaired) electrons. The van der Waals surface area contributed by atoms with Crippen molar-refractivity contribution in [2.24, 2.45) is 0 Å². The number of fused-ring (bicyclic) bond motifs is 12. The molecule has 0 amide bonds. The van der Waals surface area contributed by atoms with Crippen LogP contribution in [0.4, 0.5) is 0 Å². The van der Waals surface area contributed by atoms with Crippen LogP contribution in [0.1, 0.15) is 25.0 Å². The number of para-hydroxylation sites is 2. The second kappa shape index (κ2) is 10.7. The maximum absolute atomic E-state index is 5.50. The Balaban J connectivity index is 1.32. The number of hydrogen-bond acceptors (Lipinski definition) is 2. The molecule has 11 rings (SSSR count). The molecule has 1 aliphatic carbocycles. The van der Waals surface area contributed by atoms with Gasteiger partial charge in [0, 0.05) is 38.1 Å². The zero-order chi connectivity index (χ0) is 34.6. The van der Waals surface area contributed by atoms with Crippen LogP contribution in [-0.4, -0.2) is 14.5 Å². The van der Waals surface area contributed by atoms with Crippen molar-refractivity contribution in [1.82, 2.24) is 14.5 Å². The van der Waals surface area contributed by atoms with Crippen LogP contribution in [0.3, 0.4) is 0 Å². The molecule has 8 aromatic carbocycles. The molecule has 0 aliphatic heterocycles. The monoisotopic (exact) mass is 663 g/mol. The first-order valence-corrected chi connectivity index (χ1v) is 18.0. The maximum Gasteiger partial charge on any atom is 0.235 e. The van der Waals surface area contributed by atoms with Crippen molar-refractivity contribution in [3.05, 3.63) is 175 Å². The number of hydrogen-bond donors (Lipinski definition) is 0. The van der Waals surface area contributed by atoms with Crippen molar-refractivity contribution in [1.29, 1.82) is 0 Å². The van der Waals surface area contributed by atoms with E-state index in [2.05, 4.69) is 182 Å². The molecule has 52 heavy (non-hydrogen) atoms. The lowest BCUT2D eigenvalue weighted by molar-refractivity contribution is 0.660. The van der Waals surface area contributed by atoms with Crippen LogP contribution in [0.2, 0.25) is 0 Å². The molecule has 10 aromatic rings. The van der Waals surface area contributed by atoms with Crippen molar-refractivity contribution < 1.29 is 0 Å². The molecule has 0 saturated heterocycles. The van der Waals surface area contributed by atoms with Crippen LogP contribution in [0.15, 0.2) is 164 Å². The minimum absolute atomic E-state index is 0.110. The molecule has 0 bridgehead atoms. The summed E-state index contributed by atoms with van der Waals surface area (Å²) in [4.78, 5) is 10.9. The lowest BCUT2D eigenvalue weighted by atomic mass is 9.81. The van der Waals surface area contributed by atoms with Crippen LogP contribution < -0.4 is 0 Å². The van der Waals surface area contributed by atoms with Crippen molar-refractivity contribution in [2.45, 2.75) is 19.3 Å². The molecule has 2 aromatic heterocycles. The fourth-order valence-electron chi connectivity index (χ4n) is 9.01. The second-order valence-electron chi connectivity index (χ2n) is 14.5. The van der Waals surface area contributed by atoms with E-state index in [4.69, 9.17) is 9.97 Å². The molecule has 0 spiro atoms. The Morgan fingerprint density at radius 1 is 0.423 bits per heavy atom. The van der Waals surface area contributed by atoms with Crippen molar-refractivity contribution in [2.75, 3.05) is 0 Å². The van der Waals surface area contributed by atoms with Crippen molar-refractivity contribution in [3.63, 3.8) is 0 Å². The zero-order valence-corrected chi connectivity index (χ0v) is 28.9. The molecule has 0 unspecified atom stereocenters. The lowest BCUT2D eigenvalue weighted by Crippen LogP contribution is -2.14. The van der Waals surface area contributed by atoms with E-state index in [1.165, 1.54) is 60.1 Å². The standard InChI is InChI=1S/C49H33N3/c1-49(2)41-25-12-10-19-35(41)36-28-27-31(29-42(36)49)32-23-14-24-40-44-37-20-8-6-17-33(37)34-18-7-9-21-38(34)47(44)52(46(32)40)48-50-43-26-13-11-22-39(43)45(51-48)30-15-4-3-5-16-30/h3-29H,1-2H3. The van der Waals surface area contributed by atoms with E-state index >= 15 is 0 Å². The summed E-state index contributed by atoms with van der Waals surface area (Å²) in [6, 6.07) is 59.2. The van der Waals surface area contributed by atoms with Gasteiger partial charge in [0.15, 0.2) is 0 Å². The van der Waals surface area contributed by atoms with Crippen LogP contribution in [0.25, 0.3) is 93.7 Å². The zero-order valence-electron chi connectivity index (χ0n) is 28.9. The Bertz CT molecular complexity index is 3100. The average Bonchev–Trinajstić information content (AvgIpc) is 3.67. The Kier molecular flexibility index (Phi) is 6.01. The van der Waals surface area contributed by atoms with E-state index in [1.54, 1.807) is 0 Å². The number of benzene rings is 8. The molecule has 1 aliphatic rings. The van der Waals surface area contributed by atoms with Crippen LogP contribution in [-0.2, 0) is 5.41 Å². The predicted octanol–water partition coefficient (Wildman–Crippen LogP) is 12.7. The average molecular weight is 664 g/mol. The number of nitrogens with zero attached hydrogens (tertiary/aromatic N) is 3. The highest BCUT2D eigenvalue weighted by Crippen LogP contribution is 2.51. The fraction of sp³-hybridized carbons (Fsp3) is 0.0612. The normalized spacial score (nSPS) is 13.3. The first-order valence-electron chi connectivity index (χ1n) is 18.0. The van der Waals surface area contributed by atoms with Gasteiger partial charge >= 0.3 is 0 Å². The molecule has 0 atom stereocenters. The molecule has 3 nitrogen and oxygen atoms in total. The summed E-state index contributed by atoms with van der Waals surface area (Å²) in [7, 11) is 0. The first kappa shape index (κ1) is 29.2. The van der Waals surface area contributed by atoms with Gasteiger partial charge in [-0.2, -0.15) is 0 Å². The number of rotatable bonds is 3. The Labute approximate surface area is 301 Å². The summed E-state index contributed by atoms with van der Waals surface area (Å²) in [5.41, 5.74) is 12.8. The summed E-state index contributed by atoms with van der Waals surface area (Å²) >= 11 is 0. The van der Waals surface area contributed by atoms with Gasteiger partial charge < -0.3 is 0 Å². The summed E-state index contributed by atoms with van der Waals surface area (Å²) in [6.07, 6.45) is 0. The van der Waals surface area contributed by atoms with Crippen molar-refractivity contribution >= 4 is 54.3 Å². The third-order valence-corrected chi connectivity index (χ3v) is 11.4. The summed E-state index contributed by atoms with van der Waals surface area (Å²) < 4.78 is 2.36. The quantitative estimate of drug-likeness (QED) is 0.176. The lowest BCUT2D eigenvalue weighted by Gasteiger charge is -2.22. The third kappa shape index (κ3) is 3.96. The van der Waals surface area contributed by atoms with Crippen LogP contribution >= 0.6 is 0 Å². The van der Waals surface area contributed by atoms with Gasteiger partial charge in [0.25, 0.3) is 0 Å². The molecular weight excluding hydrogens is 631 g/mol. The van der Waals surface area contributed by atoms with Gasteiger partial charge in [-0.05, 0) is 56.1 Å². The highest BCUT2D eigenvalue weighted by atomic mass is 15.2.